The van der Waals surface area contributed by atoms with E-state index in [-0.39, 0.29) is 16.5 Å². The molecule has 0 unspecified atom stereocenters. The average molecular weight is 387 g/mol. The molecular weight excluding hydrogens is 381 g/mol. The summed E-state index contributed by atoms with van der Waals surface area (Å²) in [6.07, 6.45) is -1.72. The van der Waals surface area contributed by atoms with Crippen LogP contribution >= 0.6 is 11.6 Å². The number of aromatic nitrogens is 5. The zero-order valence-electron chi connectivity index (χ0n) is 12.4. The Kier molecular flexibility index (Phi) is 4.20. The maximum absolute atomic E-state index is 12.6. The molecule has 0 aliphatic heterocycles. The van der Waals surface area contributed by atoms with Crippen LogP contribution in [-0.2, 0) is 6.18 Å². The minimum atomic E-state index is -4.57. The van der Waals surface area contributed by atoms with Gasteiger partial charge in [-0.3, -0.25) is 4.79 Å². The molecule has 3 aromatic heterocycles. The molecule has 0 atom stereocenters. The molecule has 0 aromatic carbocycles. The van der Waals surface area contributed by atoms with Crippen LogP contribution in [0, 0.1) is 10.1 Å². The molecule has 0 aliphatic rings. The number of hydrogen-bond acceptors (Lipinski definition) is 6. The van der Waals surface area contributed by atoms with Gasteiger partial charge in [-0.1, -0.05) is 11.6 Å². The predicted octanol–water partition coefficient (Wildman–Crippen LogP) is 2.39. The van der Waals surface area contributed by atoms with Crippen molar-refractivity contribution >= 4 is 17.4 Å². The summed E-state index contributed by atoms with van der Waals surface area (Å²) < 4.78 is 39.4. The molecule has 0 spiro atoms. The molecule has 13 heteroatoms. The summed E-state index contributed by atoms with van der Waals surface area (Å²) in [6, 6.07) is 2.81. The standard InChI is InChI=1S/C13H6ClF3N6O3/c14-11-8(21-4-3-10(20-21)23(25)26)6-19-22(12(11)24)9-2-1-7(5-18-9)13(15,16)17/h1-6H. The molecular formula is C13H6ClF3N6O3. The number of pyridine rings is 1. The van der Waals surface area contributed by atoms with Gasteiger partial charge in [-0.2, -0.15) is 23.0 Å². The van der Waals surface area contributed by atoms with Crippen molar-refractivity contribution in [2.75, 3.05) is 0 Å². The fourth-order valence-electron chi connectivity index (χ4n) is 1.97. The van der Waals surface area contributed by atoms with E-state index in [1.165, 1.54) is 6.20 Å². The van der Waals surface area contributed by atoms with E-state index in [9.17, 15) is 28.1 Å². The van der Waals surface area contributed by atoms with Gasteiger partial charge in [0.15, 0.2) is 5.82 Å². The van der Waals surface area contributed by atoms with E-state index in [0.717, 1.165) is 29.1 Å². The van der Waals surface area contributed by atoms with Crippen LogP contribution in [-0.4, -0.2) is 29.5 Å². The fraction of sp³-hybridized carbons (Fsp3) is 0.0769. The Balaban J connectivity index is 2.02. The van der Waals surface area contributed by atoms with Crippen molar-refractivity contribution < 1.29 is 18.1 Å². The fourth-order valence-corrected chi connectivity index (χ4v) is 2.19. The summed E-state index contributed by atoms with van der Waals surface area (Å²) in [5.41, 5.74) is -1.90. The van der Waals surface area contributed by atoms with Gasteiger partial charge in [0.1, 0.15) is 10.7 Å². The third kappa shape index (κ3) is 3.13. The molecule has 0 radical (unpaired) electrons. The number of rotatable bonds is 3. The minimum absolute atomic E-state index is 0.0343. The summed E-state index contributed by atoms with van der Waals surface area (Å²) >= 11 is 5.96. The first kappa shape index (κ1) is 17.5. The van der Waals surface area contributed by atoms with Crippen LogP contribution in [0.3, 0.4) is 0 Å². The van der Waals surface area contributed by atoms with Gasteiger partial charge >= 0.3 is 12.0 Å². The molecule has 3 aromatic rings. The van der Waals surface area contributed by atoms with Gasteiger partial charge in [-0.05, 0) is 17.1 Å². The second kappa shape index (κ2) is 6.22. The summed E-state index contributed by atoms with van der Waals surface area (Å²) in [6.45, 7) is 0. The molecule has 9 nitrogen and oxygen atoms in total. The van der Waals surface area contributed by atoms with Crippen LogP contribution in [0.5, 0.6) is 0 Å². The van der Waals surface area contributed by atoms with Crippen molar-refractivity contribution in [3.63, 3.8) is 0 Å². The monoisotopic (exact) mass is 386 g/mol. The quantitative estimate of drug-likeness (QED) is 0.505. The zero-order valence-corrected chi connectivity index (χ0v) is 13.1. The third-order valence-electron chi connectivity index (χ3n) is 3.20. The Hall–Kier alpha value is -3.28. The molecule has 0 amide bonds. The van der Waals surface area contributed by atoms with Gasteiger partial charge in [-0.25, -0.2) is 4.98 Å². The van der Waals surface area contributed by atoms with Crippen molar-refractivity contribution in [1.82, 2.24) is 24.5 Å². The van der Waals surface area contributed by atoms with Crippen LogP contribution in [0.2, 0.25) is 5.02 Å². The van der Waals surface area contributed by atoms with E-state index < -0.39 is 28.0 Å². The van der Waals surface area contributed by atoms with Gasteiger partial charge in [0.2, 0.25) is 0 Å². The number of hydrogen-bond donors (Lipinski definition) is 0. The van der Waals surface area contributed by atoms with Crippen LogP contribution in [0.15, 0.2) is 41.6 Å². The van der Waals surface area contributed by atoms with Gasteiger partial charge in [0.05, 0.1) is 29.1 Å². The molecule has 0 fully saturated rings. The Labute approximate surface area is 146 Å². The van der Waals surface area contributed by atoms with Gasteiger partial charge in [-0.15, -0.1) is 4.68 Å². The highest BCUT2D eigenvalue weighted by Crippen LogP contribution is 2.28. The predicted molar refractivity (Wildman–Crippen MR) is 81.4 cm³/mol. The first-order valence-electron chi connectivity index (χ1n) is 6.70. The summed E-state index contributed by atoms with van der Waals surface area (Å²) in [7, 11) is 0. The van der Waals surface area contributed by atoms with E-state index in [1.807, 2.05) is 0 Å². The lowest BCUT2D eigenvalue weighted by Crippen LogP contribution is -2.24. The molecule has 0 saturated carbocycles. The molecule has 3 rings (SSSR count). The molecule has 3 heterocycles. The minimum Gasteiger partial charge on any atom is -0.358 e. The lowest BCUT2D eigenvalue weighted by molar-refractivity contribution is -0.389. The maximum atomic E-state index is 12.6. The van der Waals surface area contributed by atoms with Crippen LogP contribution < -0.4 is 5.56 Å². The topological polar surface area (TPSA) is 109 Å². The number of halogens is 4. The Morgan fingerprint density at radius 1 is 1.19 bits per heavy atom. The van der Waals surface area contributed by atoms with E-state index in [4.69, 9.17) is 11.6 Å². The largest absolute Gasteiger partial charge is 0.417 e. The molecule has 0 saturated heterocycles. The van der Waals surface area contributed by atoms with E-state index >= 15 is 0 Å². The Morgan fingerprint density at radius 3 is 2.46 bits per heavy atom. The van der Waals surface area contributed by atoms with Gasteiger partial charge < -0.3 is 10.1 Å². The third-order valence-corrected chi connectivity index (χ3v) is 3.56. The second-order valence-electron chi connectivity index (χ2n) is 4.84. The van der Waals surface area contributed by atoms with Crippen LogP contribution in [0.4, 0.5) is 19.0 Å². The molecule has 0 aliphatic carbocycles. The molecule has 0 N–H and O–H groups in total. The van der Waals surface area contributed by atoms with E-state index in [2.05, 4.69) is 15.2 Å². The van der Waals surface area contributed by atoms with Crippen molar-refractivity contribution in [1.29, 1.82) is 0 Å². The first-order chi connectivity index (χ1) is 12.2. The lowest BCUT2D eigenvalue weighted by Gasteiger charge is -2.08. The first-order valence-corrected chi connectivity index (χ1v) is 7.08. The van der Waals surface area contributed by atoms with Crippen molar-refractivity contribution in [2.45, 2.75) is 6.18 Å². The SMILES string of the molecule is O=c1c(Cl)c(-n2ccc([N+](=O)[O-])n2)cnn1-c1ccc(C(F)(F)F)cn1. The number of nitrogens with zero attached hydrogens (tertiary/aromatic N) is 6. The van der Waals surface area contributed by atoms with E-state index in [1.54, 1.807) is 0 Å². The summed E-state index contributed by atoms with van der Waals surface area (Å²) in [5, 5.41) is 17.7. The molecule has 134 valence electrons. The average Bonchev–Trinajstić information content (AvgIpc) is 3.07. The highest BCUT2D eigenvalue weighted by molar-refractivity contribution is 6.32. The normalized spacial score (nSPS) is 11.5. The number of nitro groups is 1. The second-order valence-corrected chi connectivity index (χ2v) is 5.22. The summed E-state index contributed by atoms with van der Waals surface area (Å²) in [5.74, 6) is -0.641. The Bertz CT molecular complexity index is 1040. The maximum Gasteiger partial charge on any atom is 0.417 e. The number of alkyl halides is 3. The zero-order chi connectivity index (χ0) is 19.1. The smallest absolute Gasteiger partial charge is 0.358 e. The van der Waals surface area contributed by atoms with Crippen molar-refractivity contribution in [2.24, 2.45) is 0 Å². The van der Waals surface area contributed by atoms with Gasteiger partial charge in [0, 0.05) is 6.20 Å². The lowest BCUT2D eigenvalue weighted by atomic mass is 10.3. The summed E-state index contributed by atoms with van der Waals surface area (Å²) in [4.78, 5) is 25.8. The highest BCUT2D eigenvalue weighted by Gasteiger charge is 2.30. The van der Waals surface area contributed by atoms with E-state index in [0.29, 0.717) is 10.9 Å². The molecule has 26 heavy (non-hydrogen) atoms. The molecule has 0 bridgehead atoms. The Morgan fingerprint density at radius 2 is 1.92 bits per heavy atom. The van der Waals surface area contributed by atoms with Crippen LogP contribution in [0.1, 0.15) is 5.56 Å². The van der Waals surface area contributed by atoms with Crippen molar-refractivity contribution in [3.05, 3.63) is 67.8 Å². The van der Waals surface area contributed by atoms with Crippen LogP contribution in [0.25, 0.3) is 11.5 Å². The highest BCUT2D eigenvalue weighted by atomic mass is 35.5. The van der Waals surface area contributed by atoms with Crippen molar-refractivity contribution in [3.8, 4) is 11.5 Å². The van der Waals surface area contributed by atoms with Gasteiger partial charge in [0.25, 0.3) is 5.56 Å².